The van der Waals surface area contributed by atoms with E-state index in [4.69, 9.17) is 5.73 Å². The standard InChI is InChI=1S/C21H34N4O.HI/c1-2-3-4-5-6-9-14-23-21(22)24-16-18-11-7-8-12-19(18)17-25-15-10-13-20(25)26;/h7-8,11-12H,2-6,9-10,13-17H2,1H3,(H3,22,23,24);1H. The van der Waals surface area contributed by atoms with Crippen LogP contribution in [0.25, 0.3) is 0 Å². The van der Waals surface area contributed by atoms with E-state index in [9.17, 15) is 4.79 Å². The van der Waals surface area contributed by atoms with E-state index in [2.05, 4.69) is 29.4 Å². The number of carbonyl (C=O) groups excluding carboxylic acids is 1. The molecule has 6 heteroatoms. The quantitative estimate of drug-likeness (QED) is 0.213. The van der Waals surface area contributed by atoms with E-state index >= 15 is 0 Å². The molecule has 0 unspecified atom stereocenters. The molecule has 3 N–H and O–H groups in total. The molecule has 5 nitrogen and oxygen atoms in total. The van der Waals surface area contributed by atoms with Gasteiger partial charge in [0, 0.05) is 26.1 Å². The summed E-state index contributed by atoms with van der Waals surface area (Å²) in [6.45, 7) is 5.20. The fourth-order valence-electron chi connectivity index (χ4n) is 3.29. The second-order valence-electron chi connectivity index (χ2n) is 7.08. The molecule has 0 saturated carbocycles. The number of amides is 1. The Morgan fingerprint density at radius 3 is 2.56 bits per heavy atom. The van der Waals surface area contributed by atoms with Crippen LogP contribution in [0.3, 0.4) is 0 Å². The Morgan fingerprint density at radius 2 is 1.85 bits per heavy atom. The van der Waals surface area contributed by atoms with Gasteiger partial charge in [-0.15, -0.1) is 24.0 Å². The summed E-state index contributed by atoms with van der Waals surface area (Å²) in [5, 5.41) is 3.21. The van der Waals surface area contributed by atoms with Crippen molar-refractivity contribution in [3.63, 3.8) is 0 Å². The lowest BCUT2D eigenvalue weighted by atomic mass is 10.1. The number of nitrogens with two attached hydrogens (primary N) is 1. The molecular weight excluding hydrogens is 451 g/mol. The van der Waals surface area contributed by atoms with Gasteiger partial charge in [-0.1, -0.05) is 63.3 Å². The van der Waals surface area contributed by atoms with Crippen LogP contribution in [-0.4, -0.2) is 29.9 Å². The van der Waals surface area contributed by atoms with Crippen molar-refractivity contribution in [2.24, 2.45) is 10.7 Å². The van der Waals surface area contributed by atoms with Crippen LogP contribution in [0.2, 0.25) is 0 Å². The summed E-state index contributed by atoms with van der Waals surface area (Å²) in [5.74, 6) is 0.758. The third kappa shape index (κ3) is 8.95. The van der Waals surface area contributed by atoms with Crippen LogP contribution in [-0.2, 0) is 17.9 Å². The van der Waals surface area contributed by atoms with Gasteiger partial charge < -0.3 is 16.0 Å². The van der Waals surface area contributed by atoms with Crippen LogP contribution < -0.4 is 11.1 Å². The molecule has 1 heterocycles. The number of likely N-dealkylation sites (tertiary alicyclic amines) is 1. The maximum Gasteiger partial charge on any atom is 0.222 e. The molecule has 0 radical (unpaired) electrons. The second-order valence-corrected chi connectivity index (χ2v) is 7.08. The first kappa shape index (κ1) is 23.7. The summed E-state index contributed by atoms with van der Waals surface area (Å²) >= 11 is 0. The van der Waals surface area contributed by atoms with Gasteiger partial charge in [-0.3, -0.25) is 4.79 Å². The molecule has 1 aliphatic rings. The summed E-state index contributed by atoms with van der Waals surface area (Å²) < 4.78 is 0. The Labute approximate surface area is 181 Å². The summed E-state index contributed by atoms with van der Waals surface area (Å²) in [4.78, 5) is 18.3. The average molecular weight is 486 g/mol. The minimum atomic E-state index is 0. The van der Waals surface area contributed by atoms with Gasteiger partial charge in [0.25, 0.3) is 0 Å². The first-order chi connectivity index (χ1) is 12.7. The summed E-state index contributed by atoms with van der Waals surface area (Å²) in [7, 11) is 0. The molecule has 0 aliphatic carbocycles. The zero-order valence-corrected chi connectivity index (χ0v) is 18.9. The zero-order chi connectivity index (χ0) is 18.6. The van der Waals surface area contributed by atoms with E-state index in [0.29, 0.717) is 25.5 Å². The fraction of sp³-hybridized carbons (Fsp3) is 0.619. The van der Waals surface area contributed by atoms with Gasteiger partial charge in [-0.05, 0) is 24.0 Å². The number of nitrogens with one attached hydrogen (secondary N) is 1. The highest BCUT2D eigenvalue weighted by Crippen LogP contribution is 2.17. The minimum absolute atomic E-state index is 0. The van der Waals surface area contributed by atoms with Crippen molar-refractivity contribution >= 4 is 35.8 Å². The van der Waals surface area contributed by atoms with Crippen molar-refractivity contribution in [1.82, 2.24) is 10.2 Å². The Hall–Kier alpha value is -1.31. The zero-order valence-electron chi connectivity index (χ0n) is 16.6. The predicted molar refractivity (Wildman–Crippen MR) is 123 cm³/mol. The lowest BCUT2D eigenvalue weighted by Crippen LogP contribution is -2.32. The number of rotatable bonds is 11. The van der Waals surface area contributed by atoms with E-state index in [1.165, 1.54) is 32.1 Å². The number of guanidine groups is 1. The van der Waals surface area contributed by atoms with Gasteiger partial charge >= 0.3 is 0 Å². The highest BCUT2D eigenvalue weighted by Gasteiger charge is 2.20. The Bertz CT molecular complexity index is 591. The van der Waals surface area contributed by atoms with E-state index in [-0.39, 0.29) is 29.9 Å². The minimum Gasteiger partial charge on any atom is -0.370 e. The molecule has 1 aliphatic heterocycles. The first-order valence-electron chi connectivity index (χ1n) is 10.1. The molecule has 0 atom stereocenters. The van der Waals surface area contributed by atoms with E-state index in [1.54, 1.807) is 0 Å². The number of hydrogen-bond donors (Lipinski definition) is 2. The number of unbranched alkanes of at least 4 members (excludes halogenated alkanes) is 5. The molecule has 0 bridgehead atoms. The fourth-order valence-corrected chi connectivity index (χ4v) is 3.29. The molecule has 0 spiro atoms. The van der Waals surface area contributed by atoms with Crippen LogP contribution in [0.15, 0.2) is 29.3 Å². The molecule has 27 heavy (non-hydrogen) atoms. The highest BCUT2D eigenvalue weighted by atomic mass is 127. The SMILES string of the molecule is CCCCCCCCNC(N)=NCc1ccccc1CN1CCCC1=O.I. The molecule has 152 valence electrons. The third-order valence-electron chi connectivity index (χ3n) is 4.91. The number of halogens is 1. The van der Waals surface area contributed by atoms with Crippen LogP contribution in [0.1, 0.15) is 69.4 Å². The van der Waals surface area contributed by atoms with Crippen molar-refractivity contribution in [3.05, 3.63) is 35.4 Å². The van der Waals surface area contributed by atoms with Crippen LogP contribution in [0.4, 0.5) is 0 Å². The molecule has 1 aromatic carbocycles. The molecular formula is C21H35IN4O. The molecule has 0 aromatic heterocycles. The van der Waals surface area contributed by atoms with Gasteiger partial charge in [-0.2, -0.15) is 0 Å². The Kier molecular flexibility index (Phi) is 12.1. The largest absolute Gasteiger partial charge is 0.370 e. The Balaban J connectivity index is 0.00000364. The maximum atomic E-state index is 11.9. The molecule has 2 rings (SSSR count). The van der Waals surface area contributed by atoms with E-state index < -0.39 is 0 Å². The van der Waals surface area contributed by atoms with Crippen molar-refractivity contribution in [3.8, 4) is 0 Å². The van der Waals surface area contributed by atoms with Crippen LogP contribution in [0, 0.1) is 0 Å². The lowest BCUT2D eigenvalue weighted by Gasteiger charge is -2.17. The van der Waals surface area contributed by atoms with Crippen molar-refractivity contribution in [2.45, 2.75) is 71.4 Å². The van der Waals surface area contributed by atoms with Gasteiger partial charge in [0.2, 0.25) is 5.91 Å². The number of carbonyl (C=O) groups is 1. The number of hydrogen-bond acceptors (Lipinski definition) is 2. The van der Waals surface area contributed by atoms with Crippen molar-refractivity contribution < 1.29 is 4.79 Å². The predicted octanol–water partition coefficient (Wildman–Crippen LogP) is 4.19. The first-order valence-corrected chi connectivity index (χ1v) is 10.1. The van der Waals surface area contributed by atoms with Crippen LogP contribution >= 0.6 is 24.0 Å². The summed E-state index contributed by atoms with van der Waals surface area (Å²) in [6.07, 6.45) is 9.26. The maximum absolute atomic E-state index is 11.9. The number of aliphatic imine (C=N–C) groups is 1. The van der Waals surface area contributed by atoms with E-state index in [0.717, 1.165) is 37.1 Å². The van der Waals surface area contributed by atoms with Gasteiger partial charge in [0.1, 0.15) is 0 Å². The topological polar surface area (TPSA) is 70.7 Å². The van der Waals surface area contributed by atoms with E-state index in [1.807, 2.05) is 17.0 Å². The smallest absolute Gasteiger partial charge is 0.222 e. The summed E-state index contributed by atoms with van der Waals surface area (Å²) in [5.41, 5.74) is 8.29. The van der Waals surface area contributed by atoms with Gasteiger partial charge in [0.05, 0.1) is 6.54 Å². The van der Waals surface area contributed by atoms with Gasteiger partial charge in [0.15, 0.2) is 5.96 Å². The monoisotopic (exact) mass is 486 g/mol. The highest BCUT2D eigenvalue weighted by molar-refractivity contribution is 14.0. The molecule has 1 saturated heterocycles. The number of benzene rings is 1. The molecule has 1 aromatic rings. The third-order valence-corrected chi connectivity index (χ3v) is 4.91. The average Bonchev–Trinajstić information content (AvgIpc) is 3.05. The summed E-state index contributed by atoms with van der Waals surface area (Å²) in [6, 6.07) is 8.18. The lowest BCUT2D eigenvalue weighted by molar-refractivity contribution is -0.128. The van der Waals surface area contributed by atoms with Crippen molar-refractivity contribution in [2.75, 3.05) is 13.1 Å². The normalized spacial score (nSPS) is 14.3. The van der Waals surface area contributed by atoms with Crippen LogP contribution in [0.5, 0.6) is 0 Å². The van der Waals surface area contributed by atoms with Crippen molar-refractivity contribution in [1.29, 1.82) is 0 Å². The number of nitrogens with zero attached hydrogens (tertiary/aromatic N) is 2. The Morgan fingerprint density at radius 1 is 1.15 bits per heavy atom. The molecule has 1 amide bonds. The second kappa shape index (κ2) is 13.8. The van der Waals surface area contributed by atoms with Gasteiger partial charge in [-0.25, -0.2) is 4.99 Å². The molecule has 1 fully saturated rings.